The highest BCUT2D eigenvalue weighted by atomic mass is 16.3. The van der Waals surface area contributed by atoms with E-state index in [0.29, 0.717) is 16.8 Å². The molecule has 2 heterocycles. The number of hydrogen-bond donors (Lipinski definition) is 2. The van der Waals surface area contributed by atoms with Gasteiger partial charge in [-0.15, -0.1) is 0 Å². The number of aliphatic imine (C=N–C) groups is 1. The summed E-state index contributed by atoms with van der Waals surface area (Å²) in [6, 6.07) is 4.69. The van der Waals surface area contributed by atoms with Gasteiger partial charge in [0.05, 0.1) is 5.69 Å². The van der Waals surface area contributed by atoms with Gasteiger partial charge in [-0.2, -0.15) is 0 Å². The minimum Gasteiger partial charge on any atom is -0.508 e. The SMILES string of the molecule is Cn1c(O)c(/C=C2\C=Nc3ccc(O)cc32)c(=O)n(C)c1=O. The Labute approximate surface area is 124 Å². The summed E-state index contributed by atoms with van der Waals surface area (Å²) in [7, 11) is 2.72. The van der Waals surface area contributed by atoms with Gasteiger partial charge in [-0.3, -0.25) is 18.9 Å². The second kappa shape index (κ2) is 4.73. The average molecular weight is 299 g/mol. The molecular weight excluding hydrogens is 286 g/mol. The van der Waals surface area contributed by atoms with Crippen molar-refractivity contribution in [1.29, 1.82) is 0 Å². The molecule has 0 radical (unpaired) electrons. The summed E-state index contributed by atoms with van der Waals surface area (Å²) in [5.41, 5.74) is 0.651. The van der Waals surface area contributed by atoms with Crippen molar-refractivity contribution in [2.75, 3.05) is 0 Å². The summed E-state index contributed by atoms with van der Waals surface area (Å²) in [6.45, 7) is 0. The Balaban J connectivity index is 2.26. The van der Waals surface area contributed by atoms with E-state index in [1.165, 1.54) is 38.5 Å². The van der Waals surface area contributed by atoms with Crippen LogP contribution in [0.1, 0.15) is 11.1 Å². The average Bonchev–Trinajstić information content (AvgIpc) is 2.90. The second-order valence-electron chi connectivity index (χ2n) is 5.00. The number of fused-ring (bicyclic) bond motifs is 1. The first-order chi connectivity index (χ1) is 10.4. The first-order valence-electron chi connectivity index (χ1n) is 6.48. The number of benzene rings is 1. The van der Waals surface area contributed by atoms with Crippen LogP contribution in [0.15, 0.2) is 32.8 Å². The number of rotatable bonds is 1. The molecule has 7 nitrogen and oxygen atoms in total. The van der Waals surface area contributed by atoms with Gasteiger partial charge in [0, 0.05) is 31.4 Å². The summed E-state index contributed by atoms with van der Waals surface area (Å²) in [5.74, 6) is -0.338. The molecule has 112 valence electrons. The number of hydrogen-bond acceptors (Lipinski definition) is 5. The molecule has 0 amide bonds. The molecule has 3 rings (SSSR count). The lowest BCUT2D eigenvalue weighted by Crippen LogP contribution is -2.37. The second-order valence-corrected chi connectivity index (χ2v) is 5.00. The first kappa shape index (κ1) is 13.9. The normalized spacial score (nSPS) is 14.5. The molecule has 2 N–H and O–H groups in total. The van der Waals surface area contributed by atoms with Gasteiger partial charge >= 0.3 is 5.69 Å². The van der Waals surface area contributed by atoms with E-state index in [0.717, 1.165) is 9.13 Å². The van der Waals surface area contributed by atoms with Crippen molar-refractivity contribution in [2.24, 2.45) is 19.1 Å². The number of aromatic hydroxyl groups is 2. The third-order valence-corrected chi connectivity index (χ3v) is 3.60. The maximum Gasteiger partial charge on any atom is 0.333 e. The van der Waals surface area contributed by atoms with Gasteiger partial charge in [-0.25, -0.2) is 4.79 Å². The molecule has 0 bridgehead atoms. The Hall–Kier alpha value is -3.09. The van der Waals surface area contributed by atoms with Crippen LogP contribution in [0.4, 0.5) is 5.69 Å². The maximum atomic E-state index is 12.2. The van der Waals surface area contributed by atoms with Crippen molar-refractivity contribution in [3.05, 3.63) is 50.2 Å². The summed E-state index contributed by atoms with van der Waals surface area (Å²) < 4.78 is 1.91. The largest absolute Gasteiger partial charge is 0.508 e. The van der Waals surface area contributed by atoms with Crippen LogP contribution in [0.2, 0.25) is 0 Å². The predicted octanol–water partition coefficient (Wildman–Crippen LogP) is 0.752. The molecular formula is C15H13N3O4. The van der Waals surface area contributed by atoms with Crippen molar-refractivity contribution >= 4 is 23.6 Å². The Morgan fingerprint density at radius 3 is 2.59 bits per heavy atom. The number of allylic oxidation sites excluding steroid dienone is 1. The van der Waals surface area contributed by atoms with Gasteiger partial charge in [0.1, 0.15) is 11.3 Å². The number of nitrogens with zero attached hydrogens (tertiary/aromatic N) is 3. The molecule has 0 fully saturated rings. The number of aromatic nitrogens is 2. The summed E-state index contributed by atoms with van der Waals surface area (Å²) >= 11 is 0. The van der Waals surface area contributed by atoms with Crippen molar-refractivity contribution in [3.8, 4) is 11.6 Å². The van der Waals surface area contributed by atoms with Crippen LogP contribution in [0.5, 0.6) is 11.6 Å². The van der Waals surface area contributed by atoms with Crippen LogP contribution in [0.3, 0.4) is 0 Å². The third kappa shape index (κ3) is 1.95. The Morgan fingerprint density at radius 2 is 1.86 bits per heavy atom. The highest BCUT2D eigenvalue weighted by molar-refractivity contribution is 6.21. The molecule has 1 aromatic heterocycles. The molecule has 0 atom stereocenters. The van der Waals surface area contributed by atoms with Crippen LogP contribution in [-0.2, 0) is 14.1 Å². The Kier molecular flexibility index (Phi) is 2.98. The molecule has 0 aliphatic carbocycles. The zero-order valence-corrected chi connectivity index (χ0v) is 11.9. The third-order valence-electron chi connectivity index (χ3n) is 3.60. The van der Waals surface area contributed by atoms with Crippen LogP contribution >= 0.6 is 0 Å². The molecule has 0 unspecified atom stereocenters. The summed E-state index contributed by atoms with van der Waals surface area (Å²) in [6.07, 6.45) is 2.99. The van der Waals surface area contributed by atoms with Gasteiger partial charge < -0.3 is 10.2 Å². The molecule has 0 saturated heterocycles. The first-order valence-corrected chi connectivity index (χ1v) is 6.48. The summed E-state index contributed by atoms with van der Waals surface area (Å²) in [4.78, 5) is 28.1. The van der Waals surface area contributed by atoms with E-state index in [4.69, 9.17) is 0 Å². The van der Waals surface area contributed by atoms with E-state index in [1.54, 1.807) is 6.07 Å². The molecule has 1 aliphatic heterocycles. The fraction of sp³-hybridized carbons (Fsp3) is 0.133. The molecule has 1 aromatic carbocycles. The molecule has 2 aromatic rings. The van der Waals surface area contributed by atoms with E-state index in [-0.39, 0.29) is 11.3 Å². The van der Waals surface area contributed by atoms with E-state index >= 15 is 0 Å². The van der Waals surface area contributed by atoms with Gasteiger partial charge in [-0.1, -0.05) is 0 Å². The smallest absolute Gasteiger partial charge is 0.333 e. The minimum absolute atomic E-state index is 0.0118. The van der Waals surface area contributed by atoms with Crippen LogP contribution < -0.4 is 11.2 Å². The lowest BCUT2D eigenvalue weighted by molar-refractivity contribution is 0.410. The van der Waals surface area contributed by atoms with Gasteiger partial charge in [0.2, 0.25) is 5.88 Å². The lowest BCUT2D eigenvalue weighted by Gasteiger charge is -2.08. The van der Waals surface area contributed by atoms with E-state index in [2.05, 4.69) is 4.99 Å². The Morgan fingerprint density at radius 1 is 1.14 bits per heavy atom. The van der Waals surface area contributed by atoms with Gasteiger partial charge in [0.15, 0.2) is 0 Å². The monoisotopic (exact) mass is 299 g/mol. The minimum atomic E-state index is -0.609. The van der Waals surface area contributed by atoms with Crippen LogP contribution in [-0.4, -0.2) is 25.6 Å². The molecule has 0 spiro atoms. The number of phenols is 1. The Bertz CT molecular complexity index is 964. The van der Waals surface area contributed by atoms with E-state index < -0.39 is 17.1 Å². The highest BCUT2D eigenvalue weighted by Crippen LogP contribution is 2.35. The highest BCUT2D eigenvalue weighted by Gasteiger charge is 2.17. The fourth-order valence-corrected chi connectivity index (χ4v) is 2.33. The van der Waals surface area contributed by atoms with Crippen LogP contribution in [0, 0.1) is 0 Å². The van der Waals surface area contributed by atoms with Gasteiger partial charge in [-0.05, 0) is 24.3 Å². The van der Waals surface area contributed by atoms with E-state index in [9.17, 15) is 19.8 Å². The molecule has 22 heavy (non-hydrogen) atoms. The molecule has 1 aliphatic rings. The van der Waals surface area contributed by atoms with Crippen molar-refractivity contribution in [3.63, 3.8) is 0 Å². The zero-order chi connectivity index (χ0) is 16.0. The van der Waals surface area contributed by atoms with E-state index in [1.807, 2.05) is 0 Å². The maximum absolute atomic E-state index is 12.2. The van der Waals surface area contributed by atoms with Crippen molar-refractivity contribution in [1.82, 2.24) is 9.13 Å². The van der Waals surface area contributed by atoms with Crippen LogP contribution in [0.25, 0.3) is 11.6 Å². The predicted molar refractivity (Wildman–Crippen MR) is 82.7 cm³/mol. The standard InChI is InChI=1S/C15H13N3O4/c1-17-13(20)11(14(21)18(2)15(17)22)5-8-7-16-12-4-3-9(19)6-10(8)12/h3-7,19-20H,1-2H3/b8-5+. The van der Waals surface area contributed by atoms with Gasteiger partial charge in [0.25, 0.3) is 5.56 Å². The summed E-state index contributed by atoms with van der Waals surface area (Å²) in [5, 5.41) is 19.6. The quantitative estimate of drug-likeness (QED) is 0.812. The zero-order valence-electron chi connectivity index (χ0n) is 11.9. The van der Waals surface area contributed by atoms with Crippen molar-refractivity contribution < 1.29 is 10.2 Å². The van der Waals surface area contributed by atoms with Crippen molar-refractivity contribution in [2.45, 2.75) is 0 Å². The fourth-order valence-electron chi connectivity index (χ4n) is 2.33. The lowest BCUT2D eigenvalue weighted by atomic mass is 10.0. The number of phenolic OH excluding ortho intramolecular Hbond substituents is 1. The molecule has 0 saturated carbocycles. The molecule has 7 heteroatoms. The topological polar surface area (TPSA) is 96.8 Å².